The van der Waals surface area contributed by atoms with E-state index in [1.807, 2.05) is 6.92 Å². The van der Waals surface area contributed by atoms with Crippen molar-refractivity contribution in [2.45, 2.75) is 32.2 Å². The first kappa shape index (κ1) is 15.1. The molecule has 5 heteroatoms. The average Bonchev–Trinajstić information content (AvgIpc) is 2.42. The maximum absolute atomic E-state index is 13.4. The van der Waals surface area contributed by atoms with Gasteiger partial charge in [0.1, 0.15) is 11.9 Å². The van der Waals surface area contributed by atoms with Gasteiger partial charge in [-0.2, -0.15) is 0 Å². The number of nitrogens with one attached hydrogen (secondary N) is 1. The Balaban J connectivity index is 2.76. The number of benzene rings is 1. The van der Waals surface area contributed by atoms with E-state index in [2.05, 4.69) is 10.1 Å². The van der Waals surface area contributed by atoms with Crippen LogP contribution in [0.15, 0.2) is 24.3 Å². The third-order valence-corrected chi connectivity index (χ3v) is 2.76. The number of esters is 1. The summed E-state index contributed by atoms with van der Waals surface area (Å²) >= 11 is 0. The molecular weight excluding hydrogens is 249 g/mol. The molecule has 4 nitrogen and oxygen atoms in total. The fourth-order valence-corrected chi connectivity index (χ4v) is 1.68. The van der Waals surface area contributed by atoms with E-state index in [9.17, 15) is 14.0 Å². The minimum absolute atomic E-state index is 0.0760. The van der Waals surface area contributed by atoms with Crippen LogP contribution >= 0.6 is 0 Å². The zero-order chi connectivity index (χ0) is 14.3. The van der Waals surface area contributed by atoms with Crippen LogP contribution in [-0.4, -0.2) is 25.0 Å². The maximum Gasteiger partial charge on any atom is 0.328 e. The Bertz CT molecular complexity index is 448. The molecule has 0 spiro atoms. The number of hydrogen-bond acceptors (Lipinski definition) is 3. The fourth-order valence-electron chi connectivity index (χ4n) is 1.68. The zero-order valence-electron chi connectivity index (χ0n) is 11.1. The lowest BCUT2D eigenvalue weighted by molar-refractivity contribution is -0.143. The van der Waals surface area contributed by atoms with Gasteiger partial charge in [0.15, 0.2) is 0 Å². The van der Waals surface area contributed by atoms with Crippen molar-refractivity contribution < 1.29 is 18.7 Å². The van der Waals surface area contributed by atoms with Crippen LogP contribution in [0.25, 0.3) is 0 Å². The number of amides is 1. The summed E-state index contributed by atoms with van der Waals surface area (Å²) in [6.45, 7) is 1.98. The van der Waals surface area contributed by atoms with Crippen molar-refractivity contribution in [3.05, 3.63) is 35.6 Å². The summed E-state index contributed by atoms with van der Waals surface area (Å²) in [5.74, 6) is -1.73. The predicted molar refractivity (Wildman–Crippen MR) is 69.2 cm³/mol. The van der Waals surface area contributed by atoms with E-state index >= 15 is 0 Å². The summed E-state index contributed by atoms with van der Waals surface area (Å²) in [6.07, 6.45) is 2.14. The topological polar surface area (TPSA) is 55.4 Å². The molecular formula is C14H18FNO3. The monoisotopic (exact) mass is 267 g/mol. The average molecular weight is 267 g/mol. The molecule has 104 valence electrons. The van der Waals surface area contributed by atoms with E-state index in [0.29, 0.717) is 6.42 Å². The van der Waals surface area contributed by atoms with Crippen molar-refractivity contribution in [1.29, 1.82) is 0 Å². The number of unbranched alkanes of at least 4 members (excludes halogenated alkanes) is 1. The van der Waals surface area contributed by atoms with Crippen LogP contribution in [0.1, 0.15) is 36.5 Å². The number of rotatable bonds is 6. The molecule has 0 aliphatic heterocycles. The Morgan fingerprint density at radius 1 is 1.37 bits per heavy atom. The van der Waals surface area contributed by atoms with Crippen LogP contribution in [0.2, 0.25) is 0 Å². The molecule has 1 amide bonds. The van der Waals surface area contributed by atoms with Crippen LogP contribution in [-0.2, 0) is 9.53 Å². The summed E-state index contributed by atoms with van der Waals surface area (Å²) in [5, 5.41) is 2.51. The van der Waals surface area contributed by atoms with E-state index in [-0.39, 0.29) is 5.56 Å². The van der Waals surface area contributed by atoms with Crippen molar-refractivity contribution >= 4 is 11.9 Å². The predicted octanol–water partition coefficient (Wildman–Crippen LogP) is 2.29. The third-order valence-electron chi connectivity index (χ3n) is 2.76. The van der Waals surface area contributed by atoms with Crippen LogP contribution in [0.4, 0.5) is 4.39 Å². The first-order valence-electron chi connectivity index (χ1n) is 6.23. The van der Waals surface area contributed by atoms with E-state index in [4.69, 9.17) is 0 Å². The van der Waals surface area contributed by atoms with Gasteiger partial charge in [-0.15, -0.1) is 0 Å². The summed E-state index contributed by atoms with van der Waals surface area (Å²) in [5.41, 5.74) is -0.0760. The van der Waals surface area contributed by atoms with Gasteiger partial charge in [0.2, 0.25) is 0 Å². The van der Waals surface area contributed by atoms with E-state index < -0.39 is 23.7 Å². The van der Waals surface area contributed by atoms with Crippen LogP contribution < -0.4 is 5.32 Å². The number of carbonyl (C=O) groups excluding carboxylic acids is 2. The Labute approximate surface area is 112 Å². The molecule has 0 radical (unpaired) electrons. The molecule has 0 aromatic heterocycles. The van der Waals surface area contributed by atoms with Gasteiger partial charge in [0.25, 0.3) is 5.91 Å². The molecule has 0 aliphatic carbocycles. The molecule has 1 aromatic rings. The highest BCUT2D eigenvalue weighted by molar-refractivity contribution is 5.96. The molecule has 1 rings (SSSR count). The van der Waals surface area contributed by atoms with Gasteiger partial charge < -0.3 is 10.1 Å². The van der Waals surface area contributed by atoms with Gasteiger partial charge >= 0.3 is 5.97 Å². The number of ether oxygens (including phenoxy) is 1. The van der Waals surface area contributed by atoms with Crippen LogP contribution in [0, 0.1) is 5.82 Å². The normalized spacial score (nSPS) is 11.7. The SMILES string of the molecule is CCCC[C@@H](NC(=O)c1ccccc1F)C(=O)OC. The molecule has 0 heterocycles. The molecule has 1 N–H and O–H groups in total. The first-order valence-corrected chi connectivity index (χ1v) is 6.23. The fraction of sp³-hybridized carbons (Fsp3) is 0.429. The van der Waals surface area contributed by atoms with E-state index in [1.54, 1.807) is 6.07 Å². The number of hydrogen-bond donors (Lipinski definition) is 1. The van der Waals surface area contributed by atoms with Crippen molar-refractivity contribution in [1.82, 2.24) is 5.32 Å². The van der Waals surface area contributed by atoms with E-state index in [0.717, 1.165) is 12.8 Å². The zero-order valence-corrected chi connectivity index (χ0v) is 11.1. The summed E-state index contributed by atoms with van der Waals surface area (Å²) in [4.78, 5) is 23.4. The van der Waals surface area contributed by atoms with Crippen molar-refractivity contribution in [2.24, 2.45) is 0 Å². The highest BCUT2D eigenvalue weighted by Crippen LogP contribution is 2.08. The van der Waals surface area contributed by atoms with E-state index in [1.165, 1.54) is 25.3 Å². The second-order valence-electron chi connectivity index (χ2n) is 4.17. The standard InChI is InChI=1S/C14H18FNO3/c1-3-4-9-12(14(18)19-2)16-13(17)10-7-5-6-8-11(10)15/h5-8,12H,3-4,9H2,1-2H3,(H,16,17)/t12-/m1/s1. The molecule has 0 saturated heterocycles. The molecule has 19 heavy (non-hydrogen) atoms. The third kappa shape index (κ3) is 4.35. The number of halogens is 1. The van der Waals surface area contributed by atoms with Crippen LogP contribution in [0.3, 0.4) is 0 Å². The second kappa shape index (κ2) is 7.51. The van der Waals surface area contributed by atoms with Gasteiger partial charge in [-0.3, -0.25) is 4.79 Å². The minimum atomic E-state index is -0.739. The van der Waals surface area contributed by atoms with Gasteiger partial charge in [0, 0.05) is 0 Å². The summed E-state index contributed by atoms with van der Waals surface area (Å²) in [6, 6.07) is 4.91. The smallest absolute Gasteiger partial charge is 0.328 e. The second-order valence-corrected chi connectivity index (χ2v) is 4.17. The largest absolute Gasteiger partial charge is 0.467 e. The molecule has 0 saturated carbocycles. The Morgan fingerprint density at radius 2 is 2.05 bits per heavy atom. The van der Waals surface area contributed by atoms with Gasteiger partial charge in [-0.1, -0.05) is 31.9 Å². The highest BCUT2D eigenvalue weighted by Gasteiger charge is 2.22. The number of carbonyl (C=O) groups is 2. The Hall–Kier alpha value is -1.91. The van der Waals surface area contributed by atoms with Crippen molar-refractivity contribution in [3.63, 3.8) is 0 Å². The lowest BCUT2D eigenvalue weighted by Gasteiger charge is -2.16. The molecule has 0 aliphatic rings. The minimum Gasteiger partial charge on any atom is -0.467 e. The lowest BCUT2D eigenvalue weighted by Crippen LogP contribution is -2.41. The van der Waals surface area contributed by atoms with Crippen molar-refractivity contribution in [2.75, 3.05) is 7.11 Å². The van der Waals surface area contributed by atoms with Gasteiger partial charge in [0.05, 0.1) is 12.7 Å². The first-order chi connectivity index (χ1) is 9.10. The molecule has 1 atom stereocenters. The maximum atomic E-state index is 13.4. The van der Waals surface area contributed by atoms with Crippen LogP contribution in [0.5, 0.6) is 0 Å². The van der Waals surface area contributed by atoms with Crippen molar-refractivity contribution in [3.8, 4) is 0 Å². The highest BCUT2D eigenvalue weighted by atomic mass is 19.1. The summed E-state index contributed by atoms with van der Waals surface area (Å²) < 4.78 is 18.1. The molecule has 0 bridgehead atoms. The molecule has 0 fully saturated rings. The Kier molecular flexibility index (Phi) is 5.99. The number of methoxy groups -OCH3 is 1. The quantitative estimate of drug-likeness (QED) is 0.804. The summed E-state index contributed by atoms with van der Waals surface area (Å²) in [7, 11) is 1.26. The molecule has 1 aromatic carbocycles. The molecule has 0 unspecified atom stereocenters. The van der Waals surface area contributed by atoms with Gasteiger partial charge in [-0.05, 0) is 18.6 Å². The van der Waals surface area contributed by atoms with Gasteiger partial charge in [-0.25, -0.2) is 9.18 Å². The lowest BCUT2D eigenvalue weighted by atomic mass is 10.1. The Morgan fingerprint density at radius 3 is 2.63 bits per heavy atom.